The number of aliphatic hydroxyl groups is 1. The molecule has 22 heavy (non-hydrogen) atoms. The Morgan fingerprint density at radius 1 is 0.818 bits per heavy atom. The van der Waals surface area contributed by atoms with Gasteiger partial charge in [-0.05, 0) is 18.9 Å². The van der Waals surface area contributed by atoms with Crippen LogP contribution in [0.4, 0.5) is 0 Å². The van der Waals surface area contributed by atoms with E-state index in [2.05, 4.69) is 52.0 Å². The SMILES string of the molecule is C=O.CC.CCCCCCC.CCc1ccc(C)cc1.CO. The van der Waals surface area contributed by atoms with Gasteiger partial charge in [0.2, 0.25) is 0 Å². The molecule has 0 unspecified atom stereocenters. The highest BCUT2D eigenvalue weighted by molar-refractivity contribution is 5.20. The van der Waals surface area contributed by atoms with Crippen molar-refractivity contribution in [3.05, 3.63) is 35.4 Å². The molecular weight excluding hydrogens is 272 g/mol. The summed E-state index contributed by atoms with van der Waals surface area (Å²) in [5, 5.41) is 7.00. The van der Waals surface area contributed by atoms with E-state index in [1.54, 1.807) is 0 Å². The molecule has 1 N–H and O–H groups in total. The van der Waals surface area contributed by atoms with Crippen molar-refractivity contribution in [3.8, 4) is 0 Å². The van der Waals surface area contributed by atoms with E-state index in [0.717, 1.165) is 13.5 Å². The maximum Gasteiger partial charge on any atom is 0.106 e. The first-order valence-corrected chi connectivity index (χ1v) is 8.53. The molecule has 0 aliphatic heterocycles. The fourth-order valence-corrected chi connectivity index (χ4v) is 1.50. The van der Waals surface area contributed by atoms with Crippen molar-refractivity contribution in [2.24, 2.45) is 0 Å². The molecule has 0 fully saturated rings. The molecule has 132 valence electrons. The summed E-state index contributed by atoms with van der Waals surface area (Å²) in [6.07, 6.45) is 8.15. The lowest BCUT2D eigenvalue weighted by molar-refractivity contribution is -0.0979. The summed E-state index contributed by atoms with van der Waals surface area (Å²) in [4.78, 5) is 8.00. The third kappa shape index (κ3) is 27.2. The summed E-state index contributed by atoms with van der Waals surface area (Å²) >= 11 is 0. The molecule has 0 amide bonds. The average molecular weight is 313 g/mol. The highest BCUT2D eigenvalue weighted by atomic mass is 16.2. The van der Waals surface area contributed by atoms with Crippen molar-refractivity contribution in [1.82, 2.24) is 0 Å². The molecule has 0 aromatic heterocycles. The largest absolute Gasteiger partial charge is 0.400 e. The highest BCUT2D eigenvalue weighted by Crippen LogP contribution is 2.02. The maximum absolute atomic E-state index is 8.00. The molecule has 0 aliphatic rings. The van der Waals surface area contributed by atoms with Crippen LogP contribution in [0.1, 0.15) is 77.8 Å². The van der Waals surface area contributed by atoms with Crippen LogP contribution in [0, 0.1) is 6.92 Å². The summed E-state index contributed by atoms with van der Waals surface area (Å²) < 4.78 is 0. The molecular formula is C20H40O2. The smallest absolute Gasteiger partial charge is 0.106 e. The first-order chi connectivity index (χ1) is 10.7. The Balaban J connectivity index is -0.000000112. The van der Waals surface area contributed by atoms with Gasteiger partial charge in [-0.1, -0.05) is 96.6 Å². The number of rotatable bonds is 5. The minimum atomic E-state index is 1.00. The fraction of sp³-hybridized carbons (Fsp3) is 0.650. The van der Waals surface area contributed by atoms with Crippen LogP contribution in [0.2, 0.25) is 0 Å². The minimum absolute atomic E-state index is 1.00. The van der Waals surface area contributed by atoms with E-state index in [1.807, 2.05) is 20.6 Å². The van der Waals surface area contributed by atoms with E-state index < -0.39 is 0 Å². The second-order valence-electron chi connectivity index (χ2n) is 4.40. The Morgan fingerprint density at radius 2 is 1.18 bits per heavy atom. The van der Waals surface area contributed by atoms with Crippen molar-refractivity contribution in [2.75, 3.05) is 7.11 Å². The van der Waals surface area contributed by atoms with Gasteiger partial charge in [-0.25, -0.2) is 0 Å². The topological polar surface area (TPSA) is 37.3 Å². The number of carbonyl (C=O) groups is 1. The molecule has 2 heteroatoms. The van der Waals surface area contributed by atoms with Crippen LogP contribution in [0.25, 0.3) is 0 Å². The van der Waals surface area contributed by atoms with Gasteiger partial charge in [-0.3, -0.25) is 0 Å². The van der Waals surface area contributed by atoms with Crippen LogP contribution in [-0.2, 0) is 11.2 Å². The molecule has 1 aromatic rings. The maximum atomic E-state index is 8.00. The predicted octanol–water partition coefficient (Wildman–Crippen LogP) is 5.98. The molecule has 0 atom stereocenters. The lowest BCUT2D eigenvalue weighted by Gasteiger charge is -1.94. The normalized spacial score (nSPS) is 7.64. The van der Waals surface area contributed by atoms with Gasteiger partial charge < -0.3 is 9.90 Å². The third-order valence-corrected chi connectivity index (χ3v) is 2.74. The number of carbonyl (C=O) groups excluding carboxylic acids is 1. The Bertz CT molecular complexity index is 251. The second kappa shape index (κ2) is 32.0. The molecule has 0 heterocycles. The lowest BCUT2D eigenvalue weighted by atomic mass is 10.1. The quantitative estimate of drug-likeness (QED) is 0.679. The molecule has 2 nitrogen and oxygen atoms in total. The third-order valence-electron chi connectivity index (χ3n) is 2.74. The lowest BCUT2D eigenvalue weighted by Crippen LogP contribution is -1.77. The van der Waals surface area contributed by atoms with E-state index in [4.69, 9.17) is 9.90 Å². The number of hydrogen-bond acceptors (Lipinski definition) is 2. The summed E-state index contributed by atoms with van der Waals surface area (Å²) in [7, 11) is 1.00. The number of aliphatic hydroxyl groups excluding tert-OH is 1. The highest BCUT2D eigenvalue weighted by Gasteiger charge is 1.84. The van der Waals surface area contributed by atoms with E-state index in [9.17, 15) is 0 Å². The van der Waals surface area contributed by atoms with Gasteiger partial charge in [0.05, 0.1) is 0 Å². The van der Waals surface area contributed by atoms with Gasteiger partial charge in [0, 0.05) is 7.11 Å². The molecule has 0 spiro atoms. The fourth-order valence-electron chi connectivity index (χ4n) is 1.50. The monoisotopic (exact) mass is 312 g/mol. The number of aryl methyl sites for hydroxylation is 2. The zero-order valence-electron chi connectivity index (χ0n) is 16.1. The zero-order valence-corrected chi connectivity index (χ0v) is 16.1. The van der Waals surface area contributed by atoms with Gasteiger partial charge in [-0.15, -0.1) is 0 Å². The van der Waals surface area contributed by atoms with Crippen LogP contribution in [0.15, 0.2) is 24.3 Å². The van der Waals surface area contributed by atoms with Crippen LogP contribution in [0.5, 0.6) is 0 Å². The molecule has 0 bridgehead atoms. The zero-order chi connectivity index (χ0) is 18.2. The Morgan fingerprint density at radius 3 is 1.45 bits per heavy atom. The van der Waals surface area contributed by atoms with Crippen molar-refractivity contribution in [3.63, 3.8) is 0 Å². The van der Waals surface area contributed by atoms with Gasteiger partial charge in [0.25, 0.3) is 0 Å². The van der Waals surface area contributed by atoms with Crippen molar-refractivity contribution in [1.29, 1.82) is 0 Å². The minimum Gasteiger partial charge on any atom is -0.400 e. The van der Waals surface area contributed by atoms with E-state index in [0.29, 0.717) is 0 Å². The standard InChI is InChI=1S/C9H12.C7H16.C2H6.CH4O.CH2O/c1-3-9-6-4-8(2)5-7-9;1-3-5-7-6-4-2;3*1-2/h4-7H,3H2,1-2H3;3-7H2,1-2H3;1-2H3;2H,1H3;1H2. The summed E-state index contributed by atoms with van der Waals surface area (Å²) in [5.41, 5.74) is 2.76. The van der Waals surface area contributed by atoms with Gasteiger partial charge in [0.1, 0.15) is 6.79 Å². The number of unbranched alkanes of at least 4 members (excludes halogenated alkanes) is 4. The van der Waals surface area contributed by atoms with Gasteiger partial charge in [-0.2, -0.15) is 0 Å². The van der Waals surface area contributed by atoms with Gasteiger partial charge in [0.15, 0.2) is 0 Å². The number of hydrogen-bond donors (Lipinski definition) is 1. The van der Waals surface area contributed by atoms with E-state index in [-0.39, 0.29) is 0 Å². The Kier molecular flexibility index (Phi) is 42.1. The first kappa shape index (κ1) is 28.9. The van der Waals surface area contributed by atoms with Crippen LogP contribution in [0.3, 0.4) is 0 Å². The molecule has 1 aromatic carbocycles. The first-order valence-electron chi connectivity index (χ1n) is 8.53. The molecule has 0 saturated heterocycles. The van der Waals surface area contributed by atoms with Crippen LogP contribution >= 0.6 is 0 Å². The average Bonchev–Trinajstić information content (AvgIpc) is 2.62. The van der Waals surface area contributed by atoms with Crippen LogP contribution in [-0.4, -0.2) is 19.0 Å². The van der Waals surface area contributed by atoms with E-state index >= 15 is 0 Å². The van der Waals surface area contributed by atoms with Crippen molar-refractivity contribution in [2.45, 2.75) is 80.1 Å². The predicted molar refractivity (Wildman–Crippen MR) is 102 cm³/mol. The molecule has 0 aliphatic carbocycles. The summed E-state index contributed by atoms with van der Waals surface area (Å²) in [6, 6.07) is 8.66. The van der Waals surface area contributed by atoms with Crippen molar-refractivity contribution >= 4 is 6.79 Å². The van der Waals surface area contributed by atoms with E-state index in [1.165, 1.54) is 43.2 Å². The summed E-state index contributed by atoms with van der Waals surface area (Å²) in [6.45, 7) is 14.8. The Hall–Kier alpha value is -1.15. The molecule has 0 saturated carbocycles. The van der Waals surface area contributed by atoms with Crippen molar-refractivity contribution < 1.29 is 9.90 Å². The van der Waals surface area contributed by atoms with Crippen LogP contribution < -0.4 is 0 Å². The Labute approximate surface area is 140 Å². The number of benzene rings is 1. The second-order valence-corrected chi connectivity index (χ2v) is 4.40. The van der Waals surface area contributed by atoms with Gasteiger partial charge >= 0.3 is 0 Å². The summed E-state index contributed by atoms with van der Waals surface area (Å²) in [5.74, 6) is 0. The molecule has 0 radical (unpaired) electrons. The molecule has 1 rings (SSSR count).